The highest BCUT2D eigenvalue weighted by molar-refractivity contribution is 8.17. The van der Waals surface area contributed by atoms with E-state index in [1.807, 2.05) is 6.92 Å². The van der Waals surface area contributed by atoms with E-state index in [9.17, 15) is 19.2 Å². The highest BCUT2D eigenvalue weighted by Crippen LogP contribution is 2.43. The minimum absolute atomic E-state index is 0.0338. The second-order valence-corrected chi connectivity index (χ2v) is 9.06. The quantitative estimate of drug-likeness (QED) is 0.425. The maximum Gasteiger partial charge on any atom is 0.303 e. The summed E-state index contributed by atoms with van der Waals surface area (Å²) in [5, 5.41) is -0.556. The minimum atomic E-state index is -0.848. The zero-order chi connectivity index (χ0) is 20.6. The molecule has 0 amide bonds. The lowest BCUT2D eigenvalue weighted by Crippen LogP contribution is -2.53. The van der Waals surface area contributed by atoms with Crippen molar-refractivity contribution in [1.29, 1.82) is 0 Å². The summed E-state index contributed by atoms with van der Waals surface area (Å²) in [4.78, 5) is 46.0. The first-order valence-electron chi connectivity index (χ1n) is 8.56. The lowest BCUT2D eigenvalue weighted by molar-refractivity contribution is -0.172. The fourth-order valence-corrected chi connectivity index (χ4v) is 5.86. The van der Waals surface area contributed by atoms with Gasteiger partial charge in [0.1, 0.15) is 12.7 Å². The maximum absolute atomic E-state index is 11.6. The summed E-state index contributed by atoms with van der Waals surface area (Å²) in [6.07, 6.45) is -1.88. The summed E-state index contributed by atoms with van der Waals surface area (Å²) in [7, 11) is 0. The molecule has 1 heterocycles. The van der Waals surface area contributed by atoms with Crippen molar-refractivity contribution in [2.24, 2.45) is 0 Å². The summed E-state index contributed by atoms with van der Waals surface area (Å²) in [6.45, 7) is 6.86. The van der Waals surface area contributed by atoms with E-state index in [1.54, 1.807) is 11.8 Å². The van der Waals surface area contributed by atoms with E-state index in [-0.39, 0.29) is 11.2 Å². The first kappa shape index (κ1) is 23.6. The van der Waals surface area contributed by atoms with E-state index < -0.39 is 47.4 Å². The van der Waals surface area contributed by atoms with Gasteiger partial charge in [-0.3, -0.25) is 19.2 Å². The van der Waals surface area contributed by atoms with E-state index in [4.69, 9.17) is 18.9 Å². The summed E-state index contributed by atoms with van der Waals surface area (Å²) in [5.74, 6) is -1.28. The number of thioether (sulfide) groups is 2. The topological polar surface area (TPSA) is 105 Å². The molecule has 1 saturated heterocycles. The van der Waals surface area contributed by atoms with Gasteiger partial charge in [-0.25, -0.2) is 0 Å². The number of esters is 4. The molecule has 0 aromatic heterocycles. The Balaban J connectivity index is 3.18. The molecule has 10 heteroatoms. The molecular weight excluding hydrogens is 396 g/mol. The predicted molar refractivity (Wildman–Crippen MR) is 101 cm³/mol. The molecular formula is C17H26O8S2. The number of carbonyl (C=O) groups excluding carboxylic acids is 4. The zero-order valence-electron chi connectivity index (χ0n) is 16.1. The third-order valence-electron chi connectivity index (χ3n) is 3.53. The molecule has 0 saturated carbocycles. The van der Waals surface area contributed by atoms with Gasteiger partial charge >= 0.3 is 23.9 Å². The van der Waals surface area contributed by atoms with Crippen molar-refractivity contribution in [1.82, 2.24) is 0 Å². The Morgan fingerprint density at radius 2 is 1.63 bits per heavy atom. The van der Waals surface area contributed by atoms with E-state index in [0.29, 0.717) is 6.42 Å². The number of hydrogen-bond acceptors (Lipinski definition) is 10. The molecule has 0 N–H and O–H groups in total. The van der Waals surface area contributed by atoms with Gasteiger partial charge in [0.25, 0.3) is 0 Å². The first-order valence-corrected chi connectivity index (χ1v) is 10.5. The molecule has 1 aliphatic heterocycles. The average molecular weight is 423 g/mol. The van der Waals surface area contributed by atoms with Crippen molar-refractivity contribution < 1.29 is 38.1 Å². The normalized spacial score (nSPS) is 25.8. The van der Waals surface area contributed by atoms with E-state index in [1.165, 1.54) is 39.5 Å². The maximum atomic E-state index is 11.6. The van der Waals surface area contributed by atoms with Crippen molar-refractivity contribution in [3.63, 3.8) is 0 Å². The Labute approximate surface area is 167 Å². The van der Waals surface area contributed by atoms with Gasteiger partial charge in [-0.05, 0) is 5.75 Å². The molecule has 154 valence electrons. The SMILES string of the molecule is CCS[C@@H]1C[C@H](OC(C)=O)[C@@H](OC(C)=O)[C@@H](C(COC(C)=O)OC(C)=O)S1. The minimum Gasteiger partial charge on any atom is -0.462 e. The van der Waals surface area contributed by atoms with Crippen LogP contribution in [-0.2, 0) is 38.1 Å². The molecule has 0 aromatic carbocycles. The third kappa shape index (κ3) is 8.42. The van der Waals surface area contributed by atoms with Crippen LogP contribution >= 0.6 is 23.5 Å². The van der Waals surface area contributed by atoms with Crippen LogP contribution in [0.25, 0.3) is 0 Å². The highest BCUT2D eigenvalue weighted by atomic mass is 32.2. The van der Waals surface area contributed by atoms with Gasteiger partial charge in [-0.2, -0.15) is 0 Å². The average Bonchev–Trinajstić information content (AvgIpc) is 2.52. The predicted octanol–water partition coefficient (Wildman–Crippen LogP) is 1.93. The van der Waals surface area contributed by atoms with Gasteiger partial charge in [0.2, 0.25) is 0 Å². The van der Waals surface area contributed by atoms with E-state index >= 15 is 0 Å². The molecule has 0 spiro atoms. The van der Waals surface area contributed by atoms with E-state index in [0.717, 1.165) is 5.75 Å². The molecule has 1 aliphatic rings. The standard InChI is InChI=1S/C17H26O8S2/c1-6-26-15-7-13(23-10(3)19)16(25-12(5)21)17(27-15)14(24-11(4)20)8-22-9(2)18/h13-17H,6-8H2,1-5H3/t13-,14?,15-,16+,17+/m0/s1. The van der Waals surface area contributed by atoms with Gasteiger partial charge < -0.3 is 18.9 Å². The Kier molecular flexibility index (Phi) is 10.00. The van der Waals surface area contributed by atoms with Gasteiger partial charge in [0, 0.05) is 34.1 Å². The molecule has 1 rings (SSSR count). The molecule has 1 unspecified atom stereocenters. The van der Waals surface area contributed by atoms with Crippen molar-refractivity contribution in [3.8, 4) is 0 Å². The number of carbonyl (C=O) groups is 4. The zero-order valence-corrected chi connectivity index (χ0v) is 17.7. The Bertz CT molecular complexity index is 553. The largest absolute Gasteiger partial charge is 0.462 e. The lowest BCUT2D eigenvalue weighted by atomic mass is 10.0. The Morgan fingerprint density at radius 1 is 1.00 bits per heavy atom. The van der Waals surface area contributed by atoms with Crippen molar-refractivity contribution >= 4 is 47.4 Å². The van der Waals surface area contributed by atoms with Crippen LogP contribution in [0.4, 0.5) is 0 Å². The Hall–Kier alpha value is -1.42. The number of rotatable bonds is 8. The number of hydrogen-bond donors (Lipinski definition) is 0. The molecule has 27 heavy (non-hydrogen) atoms. The van der Waals surface area contributed by atoms with Gasteiger partial charge in [-0.15, -0.1) is 23.5 Å². The van der Waals surface area contributed by atoms with Crippen molar-refractivity contribution in [3.05, 3.63) is 0 Å². The van der Waals surface area contributed by atoms with Crippen molar-refractivity contribution in [2.45, 2.75) is 69.2 Å². The van der Waals surface area contributed by atoms with Crippen LogP contribution in [0, 0.1) is 0 Å². The van der Waals surface area contributed by atoms with Crippen LogP contribution in [0.15, 0.2) is 0 Å². The molecule has 0 bridgehead atoms. The van der Waals surface area contributed by atoms with Gasteiger partial charge in [-0.1, -0.05) is 6.92 Å². The second-order valence-electron chi connectivity index (χ2n) is 5.89. The molecule has 0 aromatic rings. The van der Waals surface area contributed by atoms with Crippen LogP contribution in [0.5, 0.6) is 0 Å². The fraction of sp³-hybridized carbons (Fsp3) is 0.765. The summed E-state index contributed by atoms with van der Waals surface area (Å²) < 4.78 is 21.3. The summed E-state index contributed by atoms with van der Waals surface area (Å²) in [6, 6.07) is 0. The smallest absolute Gasteiger partial charge is 0.303 e. The molecule has 0 aliphatic carbocycles. The van der Waals surface area contributed by atoms with Crippen LogP contribution in [0.2, 0.25) is 0 Å². The first-order chi connectivity index (χ1) is 12.6. The molecule has 0 radical (unpaired) electrons. The van der Waals surface area contributed by atoms with Crippen LogP contribution in [0.3, 0.4) is 0 Å². The van der Waals surface area contributed by atoms with Crippen LogP contribution in [0.1, 0.15) is 41.0 Å². The van der Waals surface area contributed by atoms with Gasteiger partial charge in [0.05, 0.1) is 9.83 Å². The van der Waals surface area contributed by atoms with Crippen LogP contribution < -0.4 is 0 Å². The Morgan fingerprint density at radius 3 is 2.11 bits per heavy atom. The van der Waals surface area contributed by atoms with Gasteiger partial charge in [0.15, 0.2) is 12.2 Å². The second kappa shape index (κ2) is 11.4. The molecule has 5 atom stereocenters. The molecule has 8 nitrogen and oxygen atoms in total. The highest BCUT2D eigenvalue weighted by Gasteiger charge is 2.47. The van der Waals surface area contributed by atoms with Crippen molar-refractivity contribution in [2.75, 3.05) is 12.4 Å². The number of ether oxygens (including phenoxy) is 4. The third-order valence-corrected chi connectivity index (χ3v) is 6.55. The monoisotopic (exact) mass is 422 g/mol. The lowest BCUT2D eigenvalue weighted by Gasteiger charge is -2.42. The van der Waals surface area contributed by atoms with E-state index in [2.05, 4.69) is 0 Å². The fourth-order valence-electron chi connectivity index (χ4n) is 2.71. The summed E-state index contributed by atoms with van der Waals surface area (Å²) >= 11 is 3.12. The van der Waals surface area contributed by atoms with Crippen LogP contribution in [-0.4, -0.2) is 64.4 Å². The summed E-state index contributed by atoms with van der Waals surface area (Å²) in [5.41, 5.74) is 0. The molecule has 1 fully saturated rings.